The van der Waals surface area contributed by atoms with E-state index in [9.17, 15) is 33.9 Å². The van der Waals surface area contributed by atoms with Gasteiger partial charge in [0.05, 0.1) is 17.9 Å². The van der Waals surface area contributed by atoms with E-state index in [4.69, 9.17) is 5.73 Å². The average molecular weight is 800 g/mol. The molecule has 6 amide bonds. The Balaban J connectivity index is 1.39. The predicted molar refractivity (Wildman–Crippen MR) is 217 cm³/mol. The SMILES string of the molecule is C=CCNC(=O)NCCCCC(NC(=O)[C@@H]1C[C@H](Cn2nncc2C(C)(C)O)CN1C(=O)[C@@H](CC1CCCCC1)NC(=O)c1ccc2ccccc2c1)C(=O)C(N)=O. The van der Waals surface area contributed by atoms with Gasteiger partial charge in [-0.2, -0.15) is 0 Å². The van der Waals surface area contributed by atoms with Gasteiger partial charge in [0, 0.05) is 31.7 Å². The summed E-state index contributed by atoms with van der Waals surface area (Å²) >= 11 is 0. The number of aliphatic hydroxyl groups is 1. The normalized spacial score (nSPS) is 18.2. The fraction of sp³-hybridized carbons (Fsp3) is 0.524. The lowest BCUT2D eigenvalue weighted by molar-refractivity contribution is -0.142. The van der Waals surface area contributed by atoms with Crippen LogP contribution in [0.4, 0.5) is 4.79 Å². The van der Waals surface area contributed by atoms with Crippen molar-refractivity contribution >= 4 is 46.2 Å². The molecule has 1 saturated carbocycles. The number of ketones is 1. The molecule has 312 valence electrons. The first-order valence-corrected chi connectivity index (χ1v) is 20.2. The van der Waals surface area contributed by atoms with Crippen molar-refractivity contribution in [1.29, 1.82) is 0 Å². The van der Waals surface area contributed by atoms with Gasteiger partial charge in [0.2, 0.25) is 17.6 Å². The van der Waals surface area contributed by atoms with Crippen LogP contribution in [0.3, 0.4) is 0 Å². The largest absolute Gasteiger partial charge is 0.384 e. The molecule has 58 heavy (non-hydrogen) atoms. The summed E-state index contributed by atoms with van der Waals surface area (Å²) < 4.78 is 1.56. The zero-order valence-electron chi connectivity index (χ0n) is 33.5. The molecule has 4 atom stereocenters. The molecule has 3 aromatic rings. The predicted octanol–water partition coefficient (Wildman–Crippen LogP) is 2.84. The number of hydrogen-bond donors (Lipinski definition) is 6. The molecular weight excluding hydrogens is 743 g/mol. The summed E-state index contributed by atoms with van der Waals surface area (Å²) in [5.74, 6) is -3.81. The molecule has 1 aromatic heterocycles. The maximum Gasteiger partial charge on any atom is 0.315 e. The third kappa shape index (κ3) is 11.7. The van der Waals surface area contributed by atoms with E-state index in [1.165, 1.54) is 11.1 Å². The van der Waals surface area contributed by atoms with Crippen LogP contribution in [0.5, 0.6) is 0 Å². The molecule has 2 aromatic carbocycles. The van der Waals surface area contributed by atoms with Gasteiger partial charge in [-0.3, -0.25) is 24.0 Å². The van der Waals surface area contributed by atoms with Crippen LogP contribution in [0.1, 0.15) is 94.1 Å². The molecule has 1 saturated heterocycles. The van der Waals surface area contributed by atoms with E-state index < -0.39 is 53.1 Å². The number of nitrogens with two attached hydrogens (primary N) is 1. The molecule has 0 radical (unpaired) electrons. The summed E-state index contributed by atoms with van der Waals surface area (Å²) in [6, 6.07) is 9.39. The van der Waals surface area contributed by atoms with Crippen LogP contribution in [0.15, 0.2) is 61.3 Å². The molecule has 1 aliphatic heterocycles. The first-order valence-electron chi connectivity index (χ1n) is 20.2. The first kappa shape index (κ1) is 43.5. The Bertz CT molecular complexity index is 1950. The zero-order valence-corrected chi connectivity index (χ0v) is 33.5. The quantitative estimate of drug-likeness (QED) is 0.0594. The standard InChI is InChI=1S/C42H57N9O7/c1-4-19-44-41(57)45-20-11-10-16-32(36(52)37(43)53)47-39(55)34-22-28(26-51-35(24-46-49-51)42(2,3)58)25-50(34)40(56)33(21-27-12-6-5-7-13-27)48-38(54)31-18-17-29-14-8-9-15-30(29)23-31/h4,8-9,14-15,17-18,23-24,27-28,32-34,58H,1,5-7,10-13,16,19-22,25-26H2,2-3H3,(H2,43,53)(H,47,55)(H,48,54)(H2,44,45,57)/t28-,32?,33+,34-/m0/s1. The third-order valence-electron chi connectivity index (χ3n) is 11.0. The second-order valence-corrected chi connectivity index (χ2v) is 16.0. The number of benzene rings is 2. The molecule has 7 N–H and O–H groups in total. The summed E-state index contributed by atoms with van der Waals surface area (Å²) in [5.41, 5.74) is 5.00. The lowest BCUT2D eigenvalue weighted by Gasteiger charge is -2.32. The van der Waals surface area contributed by atoms with Crippen molar-refractivity contribution in [2.75, 3.05) is 19.6 Å². The van der Waals surface area contributed by atoms with E-state index in [0.29, 0.717) is 37.1 Å². The molecule has 0 spiro atoms. The topological polar surface area (TPSA) is 231 Å². The summed E-state index contributed by atoms with van der Waals surface area (Å²) in [4.78, 5) is 81.5. The van der Waals surface area contributed by atoms with Gasteiger partial charge in [0.15, 0.2) is 0 Å². The van der Waals surface area contributed by atoms with Crippen LogP contribution in [0, 0.1) is 11.8 Å². The van der Waals surface area contributed by atoms with Crippen LogP contribution in [-0.2, 0) is 31.3 Å². The minimum atomic E-state index is -1.27. The minimum Gasteiger partial charge on any atom is -0.384 e. The van der Waals surface area contributed by atoms with Crippen molar-refractivity contribution in [2.45, 2.75) is 108 Å². The zero-order chi connectivity index (χ0) is 41.8. The van der Waals surface area contributed by atoms with Crippen molar-refractivity contribution in [1.82, 2.24) is 41.2 Å². The van der Waals surface area contributed by atoms with Crippen LogP contribution in [0.25, 0.3) is 10.8 Å². The molecule has 2 fully saturated rings. The van der Waals surface area contributed by atoms with Crippen LogP contribution < -0.4 is 27.0 Å². The second kappa shape index (κ2) is 20.2. The number of rotatable bonds is 19. The molecule has 0 bridgehead atoms. The Hall–Kier alpha value is -5.64. The molecule has 1 unspecified atom stereocenters. The molecule has 2 aliphatic rings. The van der Waals surface area contributed by atoms with Crippen LogP contribution >= 0.6 is 0 Å². The number of unbranched alkanes of at least 4 members (excludes halogenated alkanes) is 1. The number of likely N-dealkylation sites (tertiary alicyclic amines) is 1. The molecule has 16 heteroatoms. The Kier molecular flexibility index (Phi) is 15.1. The van der Waals surface area contributed by atoms with Gasteiger partial charge in [-0.15, -0.1) is 11.7 Å². The number of aromatic nitrogens is 3. The lowest BCUT2D eigenvalue weighted by Crippen LogP contribution is -2.56. The number of carbonyl (C=O) groups is 6. The van der Waals surface area contributed by atoms with E-state index in [-0.39, 0.29) is 50.3 Å². The fourth-order valence-corrected chi connectivity index (χ4v) is 8.02. The summed E-state index contributed by atoms with van der Waals surface area (Å²) in [6.45, 7) is 7.69. The third-order valence-corrected chi connectivity index (χ3v) is 11.0. The number of Topliss-reactive ketones (excluding diaryl/α,β-unsaturated/α-hetero) is 1. The van der Waals surface area contributed by atoms with Gasteiger partial charge in [-0.25, -0.2) is 9.48 Å². The number of nitrogens with one attached hydrogen (secondary N) is 4. The van der Waals surface area contributed by atoms with Crippen molar-refractivity contribution in [3.8, 4) is 0 Å². The number of amides is 6. The highest BCUT2D eigenvalue weighted by Gasteiger charge is 2.44. The summed E-state index contributed by atoms with van der Waals surface area (Å²) in [6.07, 6.45) is 9.42. The number of primary amides is 1. The Morgan fingerprint density at radius 2 is 1.71 bits per heavy atom. The maximum absolute atomic E-state index is 14.9. The highest BCUT2D eigenvalue weighted by Crippen LogP contribution is 2.32. The summed E-state index contributed by atoms with van der Waals surface area (Å²) in [5, 5.41) is 31.8. The van der Waals surface area contributed by atoms with E-state index in [1.807, 2.05) is 30.3 Å². The number of hydrogen-bond acceptors (Lipinski definition) is 9. The van der Waals surface area contributed by atoms with Gasteiger partial charge in [-0.05, 0) is 80.7 Å². The molecule has 1 aliphatic carbocycles. The van der Waals surface area contributed by atoms with Crippen molar-refractivity contribution in [3.63, 3.8) is 0 Å². The smallest absolute Gasteiger partial charge is 0.315 e. The Labute approximate surface area is 338 Å². The van der Waals surface area contributed by atoms with Gasteiger partial charge >= 0.3 is 6.03 Å². The van der Waals surface area contributed by atoms with E-state index >= 15 is 0 Å². The van der Waals surface area contributed by atoms with E-state index in [1.54, 1.807) is 36.7 Å². The van der Waals surface area contributed by atoms with Crippen LogP contribution in [-0.4, -0.2) is 98.2 Å². The molecule has 5 rings (SSSR count). The highest BCUT2D eigenvalue weighted by molar-refractivity contribution is 6.37. The van der Waals surface area contributed by atoms with Gasteiger partial charge in [0.1, 0.15) is 17.7 Å². The number of carbonyl (C=O) groups excluding carboxylic acids is 6. The minimum absolute atomic E-state index is 0.0631. The summed E-state index contributed by atoms with van der Waals surface area (Å²) in [7, 11) is 0. The Morgan fingerprint density at radius 3 is 2.41 bits per heavy atom. The number of fused-ring (bicyclic) bond motifs is 1. The number of nitrogens with zero attached hydrogens (tertiary/aromatic N) is 4. The second-order valence-electron chi connectivity index (χ2n) is 16.0. The van der Waals surface area contributed by atoms with Crippen molar-refractivity contribution in [2.24, 2.45) is 17.6 Å². The first-order chi connectivity index (χ1) is 27.7. The van der Waals surface area contributed by atoms with E-state index in [2.05, 4.69) is 38.2 Å². The monoisotopic (exact) mass is 799 g/mol. The fourth-order valence-electron chi connectivity index (χ4n) is 8.02. The van der Waals surface area contributed by atoms with Crippen LogP contribution in [0.2, 0.25) is 0 Å². The van der Waals surface area contributed by atoms with Gasteiger partial charge < -0.3 is 37.0 Å². The molecule has 16 nitrogen and oxygen atoms in total. The lowest BCUT2D eigenvalue weighted by atomic mass is 9.84. The molecule has 2 heterocycles. The molecular formula is C42H57N9O7. The number of urea groups is 1. The highest BCUT2D eigenvalue weighted by atomic mass is 16.3. The van der Waals surface area contributed by atoms with Crippen molar-refractivity contribution < 1.29 is 33.9 Å². The van der Waals surface area contributed by atoms with Gasteiger partial charge in [0.25, 0.3) is 11.8 Å². The Morgan fingerprint density at radius 1 is 0.966 bits per heavy atom. The van der Waals surface area contributed by atoms with E-state index in [0.717, 1.165) is 42.9 Å². The van der Waals surface area contributed by atoms with Gasteiger partial charge in [-0.1, -0.05) is 73.7 Å². The maximum atomic E-state index is 14.9. The average Bonchev–Trinajstić information content (AvgIpc) is 3.86. The van der Waals surface area contributed by atoms with Crippen molar-refractivity contribution in [3.05, 3.63) is 72.6 Å².